The quantitative estimate of drug-likeness (QED) is 0.850. The van der Waals surface area contributed by atoms with E-state index in [1.54, 1.807) is 11.8 Å². The van der Waals surface area contributed by atoms with Gasteiger partial charge in [-0.2, -0.15) is 0 Å². The highest BCUT2D eigenvalue weighted by atomic mass is 16.5. The Labute approximate surface area is 126 Å². The van der Waals surface area contributed by atoms with Crippen molar-refractivity contribution in [3.8, 4) is 5.75 Å². The van der Waals surface area contributed by atoms with Crippen LogP contribution in [0.3, 0.4) is 0 Å². The smallest absolute Gasteiger partial charge is 0.123 e. The van der Waals surface area contributed by atoms with Gasteiger partial charge in [-0.25, -0.2) is 0 Å². The van der Waals surface area contributed by atoms with E-state index in [4.69, 9.17) is 4.74 Å². The number of aryl methyl sites for hydroxylation is 2. The maximum absolute atomic E-state index is 5.55. The molecule has 0 fully saturated rings. The normalized spacial score (nSPS) is 12.4. The van der Waals surface area contributed by atoms with Crippen LogP contribution in [0, 0.1) is 6.92 Å². The highest BCUT2D eigenvalue weighted by molar-refractivity contribution is 5.39. The molecule has 1 N–H and O–H groups in total. The lowest BCUT2D eigenvalue weighted by Gasteiger charge is -2.20. The molecule has 0 spiro atoms. The third kappa shape index (κ3) is 4.04. The highest BCUT2D eigenvalue weighted by Gasteiger charge is 2.17. The molecular weight excluding hydrogens is 264 g/mol. The fourth-order valence-corrected chi connectivity index (χ4v) is 2.41. The second-order valence-electron chi connectivity index (χ2n) is 5.34. The average Bonchev–Trinajstić information content (AvgIpc) is 2.88. The molecular formula is C16H24N4O. The van der Waals surface area contributed by atoms with Gasteiger partial charge in [0.2, 0.25) is 0 Å². The Hall–Kier alpha value is -1.88. The third-order valence-corrected chi connectivity index (χ3v) is 3.47. The van der Waals surface area contributed by atoms with Gasteiger partial charge in [-0.15, -0.1) is 5.10 Å². The fraction of sp³-hybridized carbons (Fsp3) is 0.500. The van der Waals surface area contributed by atoms with Crippen molar-refractivity contribution in [2.24, 2.45) is 7.05 Å². The summed E-state index contributed by atoms with van der Waals surface area (Å²) in [6.45, 7) is 5.20. The van der Waals surface area contributed by atoms with Crippen LogP contribution in [0.25, 0.3) is 0 Å². The van der Waals surface area contributed by atoms with Crippen LogP contribution in [0.4, 0.5) is 0 Å². The SMILES string of the molecule is CCCNC(Cc1cn(C)nn1)c1ccc(C)cc1OC. The van der Waals surface area contributed by atoms with Crippen molar-refractivity contribution in [1.82, 2.24) is 20.3 Å². The van der Waals surface area contributed by atoms with E-state index in [0.717, 1.165) is 30.8 Å². The van der Waals surface area contributed by atoms with Gasteiger partial charge in [-0.3, -0.25) is 4.68 Å². The van der Waals surface area contributed by atoms with E-state index in [1.807, 2.05) is 13.2 Å². The molecule has 21 heavy (non-hydrogen) atoms. The maximum Gasteiger partial charge on any atom is 0.123 e. The Morgan fingerprint density at radius 1 is 1.38 bits per heavy atom. The molecule has 0 aliphatic rings. The number of hydrogen-bond acceptors (Lipinski definition) is 4. The van der Waals surface area contributed by atoms with Crippen LogP contribution >= 0.6 is 0 Å². The Balaban J connectivity index is 2.26. The van der Waals surface area contributed by atoms with Crippen molar-refractivity contribution in [3.63, 3.8) is 0 Å². The molecule has 0 aliphatic carbocycles. The second-order valence-corrected chi connectivity index (χ2v) is 5.34. The van der Waals surface area contributed by atoms with Crippen molar-refractivity contribution in [2.75, 3.05) is 13.7 Å². The van der Waals surface area contributed by atoms with Gasteiger partial charge >= 0.3 is 0 Å². The van der Waals surface area contributed by atoms with Crippen molar-refractivity contribution in [1.29, 1.82) is 0 Å². The largest absolute Gasteiger partial charge is 0.496 e. The summed E-state index contributed by atoms with van der Waals surface area (Å²) in [6.07, 6.45) is 3.85. The topological polar surface area (TPSA) is 52.0 Å². The molecule has 5 heteroatoms. The van der Waals surface area contributed by atoms with E-state index in [1.165, 1.54) is 11.1 Å². The summed E-state index contributed by atoms with van der Waals surface area (Å²) in [4.78, 5) is 0. The van der Waals surface area contributed by atoms with Crippen LogP contribution in [0.1, 0.15) is 36.2 Å². The van der Waals surface area contributed by atoms with E-state index in [-0.39, 0.29) is 6.04 Å². The monoisotopic (exact) mass is 288 g/mol. The van der Waals surface area contributed by atoms with Crippen molar-refractivity contribution in [2.45, 2.75) is 32.7 Å². The lowest BCUT2D eigenvalue weighted by Crippen LogP contribution is -2.24. The number of ether oxygens (including phenoxy) is 1. The van der Waals surface area contributed by atoms with Crippen LogP contribution < -0.4 is 10.1 Å². The van der Waals surface area contributed by atoms with Crippen molar-refractivity contribution >= 4 is 0 Å². The van der Waals surface area contributed by atoms with Crippen LogP contribution in [-0.2, 0) is 13.5 Å². The summed E-state index contributed by atoms with van der Waals surface area (Å²) in [7, 11) is 3.61. The fourth-order valence-electron chi connectivity index (χ4n) is 2.41. The molecule has 1 unspecified atom stereocenters. The van der Waals surface area contributed by atoms with Gasteiger partial charge in [0, 0.05) is 31.3 Å². The number of nitrogens with zero attached hydrogens (tertiary/aromatic N) is 3. The predicted octanol–water partition coefficient (Wildman–Crippen LogP) is 2.42. The predicted molar refractivity (Wildman–Crippen MR) is 83.5 cm³/mol. The van der Waals surface area contributed by atoms with Crippen molar-refractivity contribution < 1.29 is 4.74 Å². The number of nitrogens with one attached hydrogen (secondary N) is 1. The first-order valence-electron chi connectivity index (χ1n) is 7.37. The molecule has 0 aliphatic heterocycles. The molecule has 1 aromatic carbocycles. The molecule has 1 atom stereocenters. The molecule has 1 heterocycles. The van der Waals surface area contributed by atoms with E-state index < -0.39 is 0 Å². The molecule has 2 aromatic rings. The standard InChI is InChI=1S/C16H24N4O/c1-5-8-17-15(10-13-11-20(3)19-18-13)14-7-6-12(2)9-16(14)21-4/h6-7,9,11,15,17H,5,8,10H2,1-4H3. The number of methoxy groups -OCH3 is 1. The molecule has 1 aromatic heterocycles. The summed E-state index contributed by atoms with van der Waals surface area (Å²) >= 11 is 0. The van der Waals surface area contributed by atoms with Crippen molar-refractivity contribution in [3.05, 3.63) is 41.2 Å². The number of benzene rings is 1. The van der Waals surface area contributed by atoms with Gasteiger partial charge in [0.15, 0.2) is 0 Å². The highest BCUT2D eigenvalue weighted by Crippen LogP contribution is 2.28. The minimum absolute atomic E-state index is 0.178. The minimum Gasteiger partial charge on any atom is -0.496 e. The number of rotatable bonds is 7. The molecule has 0 radical (unpaired) electrons. The Kier molecular flexibility index (Phi) is 5.33. The van der Waals surface area contributed by atoms with Gasteiger partial charge in [-0.1, -0.05) is 24.3 Å². The third-order valence-electron chi connectivity index (χ3n) is 3.47. The zero-order valence-corrected chi connectivity index (χ0v) is 13.3. The minimum atomic E-state index is 0.178. The van der Waals surface area contributed by atoms with E-state index in [9.17, 15) is 0 Å². The molecule has 5 nitrogen and oxygen atoms in total. The van der Waals surface area contributed by atoms with Gasteiger partial charge in [-0.05, 0) is 31.5 Å². The van der Waals surface area contributed by atoms with E-state index in [2.05, 4.69) is 47.7 Å². The summed E-state index contributed by atoms with van der Waals surface area (Å²) in [6, 6.07) is 6.51. The Morgan fingerprint density at radius 2 is 2.19 bits per heavy atom. The zero-order valence-electron chi connectivity index (χ0n) is 13.3. The summed E-state index contributed by atoms with van der Waals surface area (Å²) in [5.41, 5.74) is 3.35. The van der Waals surface area contributed by atoms with Crippen LogP contribution in [0.15, 0.2) is 24.4 Å². The van der Waals surface area contributed by atoms with Crippen LogP contribution in [0.2, 0.25) is 0 Å². The van der Waals surface area contributed by atoms with Gasteiger partial charge in [0.25, 0.3) is 0 Å². The first-order valence-corrected chi connectivity index (χ1v) is 7.37. The van der Waals surface area contributed by atoms with Crippen LogP contribution in [0.5, 0.6) is 5.75 Å². The average molecular weight is 288 g/mol. The molecule has 0 bridgehead atoms. The van der Waals surface area contributed by atoms with E-state index >= 15 is 0 Å². The number of aromatic nitrogens is 3. The summed E-state index contributed by atoms with van der Waals surface area (Å²) in [5.74, 6) is 0.924. The van der Waals surface area contributed by atoms with Gasteiger partial charge < -0.3 is 10.1 Å². The molecule has 2 rings (SSSR count). The molecule has 114 valence electrons. The Bertz CT molecular complexity index is 579. The second kappa shape index (κ2) is 7.22. The lowest BCUT2D eigenvalue weighted by atomic mass is 9.99. The first-order chi connectivity index (χ1) is 10.1. The summed E-state index contributed by atoms with van der Waals surface area (Å²) in [5, 5.41) is 11.8. The van der Waals surface area contributed by atoms with Gasteiger partial charge in [0.1, 0.15) is 5.75 Å². The first kappa shape index (κ1) is 15.5. The number of hydrogen-bond donors (Lipinski definition) is 1. The van der Waals surface area contributed by atoms with E-state index in [0.29, 0.717) is 0 Å². The lowest BCUT2D eigenvalue weighted by molar-refractivity contribution is 0.397. The van der Waals surface area contributed by atoms with Crippen LogP contribution in [-0.4, -0.2) is 28.6 Å². The maximum atomic E-state index is 5.55. The molecule has 0 amide bonds. The zero-order chi connectivity index (χ0) is 15.2. The molecule has 0 saturated carbocycles. The Morgan fingerprint density at radius 3 is 2.81 bits per heavy atom. The summed E-state index contributed by atoms with van der Waals surface area (Å²) < 4.78 is 7.28. The van der Waals surface area contributed by atoms with Gasteiger partial charge in [0.05, 0.1) is 12.8 Å². The molecule has 0 saturated heterocycles.